The van der Waals surface area contributed by atoms with Crippen LogP contribution in [-0.4, -0.2) is 71.5 Å². The zero-order valence-corrected chi connectivity index (χ0v) is 10.2. The summed E-state index contributed by atoms with van der Waals surface area (Å²) in [7, 11) is 0. The largest absolute Gasteiger partial charge is 0.480 e. The fraction of sp³-hybridized carbons (Fsp3) is 0.700. The van der Waals surface area contributed by atoms with Crippen molar-refractivity contribution >= 4 is 17.9 Å². The monoisotopic (exact) mass is 275 g/mol. The van der Waals surface area contributed by atoms with E-state index >= 15 is 0 Å². The molecule has 0 aromatic rings. The summed E-state index contributed by atoms with van der Waals surface area (Å²) in [6.45, 7) is -0.0000602. The summed E-state index contributed by atoms with van der Waals surface area (Å²) in [4.78, 5) is 35.1. The van der Waals surface area contributed by atoms with E-state index in [1.165, 1.54) is 0 Å². The second-order valence-electron chi connectivity index (χ2n) is 4.04. The lowest BCUT2D eigenvalue weighted by molar-refractivity contribution is -0.139. The third kappa shape index (κ3) is 4.07. The van der Waals surface area contributed by atoms with Gasteiger partial charge in [0.2, 0.25) is 5.91 Å². The Labute approximate surface area is 109 Å². The van der Waals surface area contributed by atoms with Crippen molar-refractivity contribution in [2.45, 2.75) is 18.5 Å². The molecule has 2 atom stereocenters. The first-order chi connectivity index (χ1) is 8.97. The van der Waals surface area contributed by atoms with Gasteiger partial charge in [-0.15, -0.1) is 0 Å². The van der Waals surface area contributed by atoms with Gasteiger partial charge in [-0.25, -0.2) is 9.59 Å². The standard InChI is InChI=1S/C10H17N3O6/c11-8(15)7-5-19-4-2-13(7)10(18)12-6(1-3-14)9(16)17/h6-7,14H,1-5H2,(H2,11,15)(H,12,18)(H,16,17)/t6-,7?/m1/s1. The van der Waals surface area contributed by atoms with Crippen LogP contribution in [0.15, 0.2) is 0 Å². The Balaban J connectivity index is 2.68. The van der Waals surface area contributed by atoms with E-state index in [0.29, 0.717) is 0 Å². The summed E-state index contributed by atoms with van der Waals surface area (Å²) in [5.41, 5.74) is 5.15. The Hall–Kier alpha value is -1.87. The van der Waals surface area contributed by atoms with Gasteiger partial charge in [-0.3, -0.25) is 4.79 Å². The number of rotatable bonds is 5. The number of aliphatic hydroxyl groups is 1. The van der Waals surface area contributed by atoms with Crippen LogP contribution >= 0.6 is 0 Å². The Morgan fingerprint density at radius 3 is 2.68 bits per heavy atom. The summed E-state index contributed by atoms with van der Waals surface area (Å²) in [5.74, 6) is -1.98. The van der Waals surface area contributed by atoms with Crippen molar-refractivity contribution in [2.24, 2.45) is 5.73 Å². The van der Waals surface area contributed by atoms with E-state index in [2.05, 4.69) is 5.32 Å². The van der Waals surface area contributed by atoms with Gasteiger partial charge in [-0.1, -0.05) is 0 Å². The number of hydrogen-bond acceptors (Lipinski definition) is 5. The van der Waals surface area contributed by atoms with E-state index in [4.69, 9.17) is 20.7 Å². The molecule has 19 heavy (non-hydrogen) atoms. The number of urea groups is 1. The first-order valence-electron chi connectivity index (χ1n) is 5.75. The van der Waals surface area contributed by atoms with Crippen LogP contribution in [0.1, 0.15) is 6.42 Å². The highest BCUT2D eigenvalue weighted by molar-refractivity contribution is 5.88. The fourth-order valence-corrected chi connectivity index (χ4v) is 1.70. The molecular weight excluding hydrogens is 258 g/mol. The Bertz CT molecular complexity index is 361. The van der Waals surface area contributed by atoms with Crippen molar-refractivity contribution in [2.75, 3.05) is 26.4 Å². The minimum atomic E-state index is -1.26. The molecule has 0 bridgehead atoms. The Kier molecular flexibility index (Phi) is 5.52. The molecule has 1 saturated heterocycles. The van der Waals surface area contributed by atoms with Crippen LogP contribution in [0.25, 0.3) is 0 Å². The van der Waals surface area contributed by atoms with Gasteiger partial charge >= 0.3 is 12.0 Å². The number of carbonyl (C=O) groups excluding carboxylic acids is 2. The van der Waals surface area contributed by atoms with Gasteiger partial charge in [0.25, 0.3) is 0 Å². The average molecular weight is 275 g/mol. The first kappa shape index (κ1) is 15.2. The molecule has 0 saturated carbocycles. The maximum atomic E-state index is 11.9. The number of carbonyl (C=O) groups is 3. The molecule has 3 amide bonds. The van der Waals surface area contributed by atoms with E-state index in [-0.39, 0.29) is 32.8 Å². The molecule has 0 aromatic heterocycles. The summed E-state index contributed by atoms with van der Waals surface area (Å²) < 4.78 is 5.04. The van der Waals surface area contributed by atoms with Gasteiger partial charge in [0, 0.05) is 19.6 Å². The minimum absolute atomic E-state index is 0.0134. The number of hydrogen-bond donors (Lipinski definition) is 4. The Morgan fingerprint density at radius 2 is 2.16 bits per heavy atom. The molecule has 1 unspecified atom stereocenters. The number of carboxylic acid groups (broad SMARTS) is 1. The quantitative estimate of drug-likeness (QED) is 0.445. The van der Waals surface area contributed by atoms with E-state index in [1.807, 2.05) is 0 Å². The van der Waals surface area contributed by atoms with Crippen LogP contribution in [0.4, 0.5) is 4.79 Å². The molecule has 0 aromatic carbocycles. The molecule has 9 nitrogen and oxygen atoms in total. The normalized spacial score (nSPS) is 20.7. The number of nitrogens with two attached hydrogens (primary N) is 1. The molecule has 1 aliphatic rings. The molecule has 1 aliphatic heterocycles. The van der Waals surface area contributed by atoms with Crippen molar-refractivity contribution in [3.8, 4) is 0 Å². The van der Waals surface area contributed by atoms with Crippen molar-refractivity contribution in [1.29, 1.82) is 0 Å². The van der Waals surface area contributed by atoms with Gasteiger partial charge in [0.1, 0.15) is 12.1 Å². The lowest BCUT2D eigenvalue weighted by Crippen LogP contribution is -2.59. The van der Waals surface area contributed by atoms with Crippen molar-refractivity contribution in [3.63, 3.8) is 0 Å². The highest BCUT2D eigenvalue weighted by Gasteiger charge is 2.33. The Morgan fingerprint density at radius 1 is 1.47 bits per heavy atom. The van der Waals surface area contributed by atoms with Crippen LogP contribution < -0.4 is 11.1 Å². The molecule has 0 spiro atoms. The first-order valence-corrected chi connectivity index (χ1v) is 5.75. The molecule has 0 aliphatic carbocycles. The van der Waals surface area contributed by atoms with Crippen molar-refractivity contribution in [1.82, 2.24) is 10.2 Å². The predicted molar refractivity (Wildman–Crippen MR) is 62.2 cm³/mol. The lowest BCUT2D eigenvalue weighted by Gasteiger charge is -2.34. The highest BCUT2D eigenvalue weighted by atomic mass is 16.5. The number of nitrogens with one attached hydrogen (secondary N) is 1. The summed E-state index contributed by atoms with van der Waals surface area (Å²) >= 11 is 0. The van der Waals surface area contributed by atoms with Crippen LogP contribution in [0.5, 0.6) is 0 Å². The van der Waals surface area contributed by atoms with E-state index in [1.54, 1.807) is 0 Å². The highest BCUT2D eigenvalue weighted by Crippen LogP contribution is 2.07. The zero-order valence-electron chi connectivity index (χ0n) is 10.2. The predicted octanol–water partition coefficient (Wildman–Crippen LogP) is -2.28. The average Bonchev–Trinajstić information content (AvgIpc) is 2.37. The van der Waals surface area contributed by atoms with E-state index < -0.39 is 30.0 Å². The van der Waals surface area contributed by atoms with Crippen molar-refractivity contribution in [3.05, 3.63) is 0 Å². The third-order valence-electron chi connectivity index (χ3n) is 2.73. The molecule has 0 radical (unpaired) electrons. The van der Waals surface area contributed by atoms with Crippen LogP contribution in [0.2, 0.25) is 0 Å². The molecule has 1 heterocycles. The maximum Gasteiger partial charge on any atom is 0.326 e. The number of aliphatic carboxylic acids is 1. The fourth-order valence-electron chi connectivity index (χ4n) is 1.70. The van der Waals surface area contributed by atoms with Crippen LogP contribution in [0, 0.1) is 0 Å². The van der Waals surface area contributed by atoms with Crippen LogP contribution in [0.3, 0.4) is 0 Å². The number of carboxylic acids is 1. The smallest absolute Gasteiger partial charge is 0.326 e. The molecule has 1 fully saturated rings. The van der Waals surface area contributed by atoms with Gasteiger partial charge < -0.3 is 30.9 Å². The number of nitrogens with zero attached hydrogens (tertiary/aromatic N) is 1. The van der Waals surface area contributed by atoms with E-state index in [0.717, 1.165) is 4.90 Å². The molecule has 5 N–H and O–H groups in total. The second-order valence-corrected chi connectivity index (χ2v) is 4.04. The SMILES string of the molecule is NC(=O)C1COCCN1C(=O)N[C@H](CCO)C(=O)O. The minimum Gasteiger partial charge on any atom is -0.480 e. The molecule has 9 heteroatoms. The molecule has 108 valence electrons. The van der Waals surface area contributed by atoms with Gasteiger partial charge in [-0.05, 0) is 0 Å². The maximum absolute atomic E-state index is 11.9. The third-order valence-corrected chi connectivity index (χ3v) is 2.73. The zero-order chi connectivity index (χ0) is 14.4. The lowest BCUT2D eigenvalue weighted by atomic mass is 10.2. The van der Waals surface area contributed by atoms with E-state index in [9.17, 15) is 14.4 Å². The van der Waals surface area contributed by atoms with Gasteiger partial charge in [0.15, 0.2) is 0 Å². The number of primary amides is 1. The van der Waals surface area contributed by atoms with Gasteiger partial charge in [0.05, 0.1) is 13.2 Å². The van der Waals surface area contributed by atoms with Crippen molar-refractivity contribution < 1.29 is 29.3 Å². The topological polar surface area (TPSA) is 142 Å². The molecule has 1 rings (SSSR count). The van der Waals surface area contributed by atoms with Gasteiger partial charge in [-0.2, -0.15) is 0 Å². The second kappa shape index (κ2) is 6.90. The summed E-state index contributed by atoms with van der Waals surface area (Å²) in [6.07, 6.45) is -0.118. The van der Waals surface area contributed by atoms with Crippen LogP contribution in [-0.2, 0) is 14.3 Å². The number of aliphatic hydroxyl groups excluding tert-OH is 1. The number of amides is 3. The number of ether oxygens (including phenoxy) is 1. The summed E-state index contributed by atoms with van der Waals surface area (Å²) in [6, 6.07) is -2.85. The molecular formula is C10H17N3O6. The summed E-state index contributed by atoms with van der Waals surface area (Å²) in [5, 5.41) is 19.8. The number of morpholine rings is 1.